The Morgan fingerprint density at radius 2 is 2.18 bits per heavy atom. The summed E-state index contributed by atoms with van der Waals surface area (Å²) in [6.45, 7) is 0. The lowest BCUT2D eigenvalue weighted by Crippen LogP contribution is -2.43. The number of Topliss-reactive ketones (excluding diaryl/α,β-unsaturated/α-hetero) is 1. The fraction of sp³-hybridized carbons (Fsp3) is 0.333. The lowest BCUT2D eigenvalue weighted by atomic mass is 10.1. The van der Waals surface area contributed by atoms with Crippen molar-refractivity contribution in [2.24, 2.45) is 0 Å². The van der Waals surface area contributed by atoms with Crippen molar-refractivity contribution in [2.45, 2.75) is 12.5 Å². The number of carbonyl (C=O) groups is 2. The molecule has 1 aliphatic rings. The van der Waals surface area contributed by atoms with Gasteiger partial charge in [-0.25, -0.2) is 4.79 Å². The van der Waals surface area contributed by atoms with E-state index in [1.807, 2.05) is 18.2 Å². The lowest BCUT2D eigenvalue weighted by Gasteiger charge is -2.22. The van der Waals surface area contributed by atoms with Crippen LogP contribution in [0.4, 0.5) is 10.5 Å². The predicted molar refractivity (Wildman–Crippen MR) is 64.5 cm³/mol. The van der Waals surface area contributed by atoms with E-state index in [9.17, 15) is 9.59 Å². The average molecular weight is 254 g/mol. The molecule has 0 radical (unpaired) electrons. The highest BCUT2D eigenvalue weighted by Gasteiger charge is 2.38. The Balaban J connectivity index is 2.40. The van der Waals surface area contributed by atoms with Crippen LogP contribution < -0.4 is 4.90 Å². The minimum Gasteiger partial charge on any atom is -0.452 e. The van der Waals surface area contributed by atoms with Crippen LogP contribution in [0.2, 0.25) is 0 Å². The van der Waals surface area contributed by atoms with Crippen LogP contribution in [0.1, 0.15) is 5.56 Å². The van der Waals surface area contributed by atoms with Crippen LogP contribution in [0, 0.1) is 0 Å². The van der Waals surface area contributed by atoms with E-state index < -0.39 is 12.1 Å². The van der Waals surface area contributed by atoms with Gasteiger partial charge in [0.25, 0.3) is 0 Å². The van der Waals surface area contributed by atoms with Crippen molar-refractivity contribution in [3.63, 3.8) is 0 Å². The number of methoxy groups -OCH3 is 1. The highest BCUT2D eigenvalue weighted by molar-refractivity contribution is 6.29. The smallest absolute Gasteiger partial charge is 0.414 e. The number of rotatable bonds is 2. The van der Waals surface area contributed by atoms with Crippen molar-refractivity contribution >= 4 is 29.2 Å². The number of nitrogens with zero attached hydrogens (tertiary/aromatic N) is 1. The number of alkyl halides is 1. The second kappa shape index (κ2) is 4.75. The molecule has 1 atom stereocenters. The standard InChI is InChI=1S/C12H12ClNO3/c1-17-12(16)14-9-5-3-2-4-8(9)6-10(14)11(15)7-13/h2-5,10H,6-7H2,1H3. The lowest BCUT2D eigenvalue weighted by molar-refractivity contribution is -0.117. The Morgan fingerprint density at radius 3 is 2.82 bits per heavy atom. The van der Waals surface area contributed by atoms with E-state index in [2.05, 4.69) is 0 Å². The Hall–Kier alpha value is -1.55. The summed E-state index contributed by atoms with van der Waals surface area (Å²) in [6.07, 6.45) is -0.0324. The molecule has 0 aliphatic carbocycles. The van der Waals surface area contributed by atoms with E-state index in [-0.39, 0.29) is 11.7 Å². The molecule has 0 saturated heterocycles. The Labute approximate surface area is 104 Å². The zero-order valence-corrected chi connectivity index (χ0v) is 10.1. The van der Waals surface area contributed by atoms with Crippen LogP contribution in [0.3, 0.4) is 0 Å². The molecule has 0 spiro atoms. The quantitative estimate of drug-likeness (QED) is 0.758. The number of ketones is 1. The molecule has 1 aliphatic heterocycles. The van der Waals surface area contributed by atoms with Gasteiger partial charge in [-0.15, -0.1) is 11.6 Å². The molecular formula is C12H12ClNO3. The molecule has 0 N–H and O–H groups in total. The molecule has 1 aromatic rings. The van der Waals surface area contributed by atoms with E-state index in [1.165, 1.54) is 12.0 Å². The highest BCUT2D eigenvalue weighted by Crippen LogP contribution is 2.32. The van der Waals surface area contributed by atoms with Crippen LogP contribution >= 0.6 is 11.6 Å². The molecule has 4 nitrogen and oxygen atoms in total. The van der Waals surface area contributed by atoms with Gasteiger partial charge in [-0.2, -0.15) is 0 Å². The minimum atomic E-state index is -0.544. The van der Waals surface area contributed by atoms with E-state index in [0.29, 0.717) is 6.42 Å². The monoisotopic (exact) mass is 253 g/mol. The van der Waals surface area contributed by atoms with Gasteiger partial charge in [-0.05, 0) is 11.6 Å². The average Bonchev–Trinajstić information content (AvgIpc) is 2.76. The van der Waals surface area contributed by atoms with E-state index >= 15 is 0 Å². The van der Waals surface area contributed by atoms with Crippen molar-refractivity contribution in [3.8, 4) is 0 Å². The molecule has 1 unspecified atom stereocenters. The zero-order chi connectivity index (χ0) is 12.4. The number of fused-ring (bicyclic) bond motifs is 1. The Bertz CT molecular complexity index is 461. The summed E-state index contributed by atoms with van der Waals surface area (Å²) in [5, 5.41) is 0. The number of benzene rings is 1. The first-order chi connectivity index (χ1) is 8.19. The second-order valence-electron chi connectivity index (χ2n) is 3.79. The maximum absolute atomic E-state index is 11.7. The third-order valence-electron chi connectivity index (χ3n) is 2.85. The molecule has 0 saturated carbocycles. The molecule has 0 fully saturated rings. The number of amides is 1. The summed E-state index contributed by atoms with van der Waals surface area (Å²) in [5.41, 5.74) is 1.68. The van der Waals surface area contributed by atoms with Crippen LogP contribution in [-0.4, -0.2) is 30.9 Å². The van der Waals surface area contributed by atoms with Crippen LogP contribution in [0.15, 0.2) is 24.3 Å². The molecule has 1 amide bonds. The van der Waals surface area contributed by atoms with Crippen molar-refractivity contribution in [1.82, 2.24) is 0 Å². The van der Waals surface area contributed by atoms with Crippen LogP contribution in [0.5, 0.6) is 0 Å². The predicted octanol–water partition coefficient (Wildman–Crippen LogP) is 1.99. The van der Waals surface area contributed by atoms with E-state index in [1.54, 1.807) is 6.07 Å². The summed E-state index contributed by atoms with van der Waals surface area (Å²) in [5.74, 6) is -0.278. The number of anilines is 1. The molecule has 2 rings (SSSR count). The first-order valence-electron chi connectivity index (χ1n) is 5.22. The van der Waals surface area contributed by atoms with Gasteiger partial charge in [0.1, 0.15) is 6.04 Å². The van der Waals surface area contributed by atoms with Gasteiger partial charge in [0.05, 0.1) is 18.7 Å². The van der Waals surface area contributed by atoms with Crippen LogP contribution in [0.25, 0.3) is 0 Å². The molecule has 5 heteroatoms. The molecular weight excluding hydrogens is 242 g/mol. The Kier molecular flexibility index (Phi) is 3.33. The summed E-state index contributed by atoms with van der Waals surface area (Å²) in [6, 6.07) is 6.85. The van der Waals surface area contributed by atoms with Gasteiger partial charge in [0.2, 0.25) is 0 Å². The van der Waals surface area contributed by atoms with Gasteiger partial charge in [0, 0.05) is 6.42 Å². The molecule has 0 bridgehead atoms. The summed E-state index contributed by atoms with van der Waals surface area (Å²) < 4.78 is 4.71. The first-order valence-corrected chi connectivity index (χ1v) is 5.76. The first kappa shape index (κ1) is 11.9. The third-order valence-corrected chi connectivity index (χ3v) is 3.11. The van der Waals surface area contributed by atoms with Crippen molar-refractivity contribution in [2.75, 3.05) is 17.9 Å². The van der Waals surface area contributed by atoms with Crippen LogP contribution in [-0.2, 0) is 16.0 Å². The van der Waals surface area contributed by atoms with E-state index in [0.717, 1.165) is 11.3 Å². The van der Waals surface area contributed by atoms with Gasteiger partial charge < -0.3 is 4.74 Å². The maximum Gasteiger partial charge on any atom is 0.414 e. The van der Waals surface area contributed by atoms with Crippen molar-refractivity contribution in [3.05, 3.63) is 29.8 Å². The molecule has 17 heavy (non-hydrogen) atoms. The number of halogens is 1. The minimum absolute atomic E-state index is 0.105. The SMILES string of the molecule is COC(=O)N1c2ccccc2CC1C(=O)CCl. The van der Waals surface area contributed by atoms with Gasteiger partial charge >= 0.3 is 6.09 Å². The van der Waals surface area contributed by atoms with Crippen molar-refractivity contribution in [1.29, 1.82) is 0 Å². The zero-order valence-electron chi connectivity index (χ0n) is 9.35. The number of para-hydroxylation sites is 1. The fourth-order valence-corrected chi connectivity index (χ4v) is 2.23. The molecule has 90 valence electrons. The van der Waals surface area contributed by atoms with E-state index in [4.69, 9.17) is 16.3 Å². The fourth-order valence-electron chi connectivity index (χ4n) is 2.06. The number of hydrogen-bond donors (Lipinski definition) is 0. The topological polar surface area (TPSA) is 46.6 Å². The summed E-state index contributed by atoms with van der Waals surface area (Å²) in [7, 11) is 1.30. The molecule has 1 heterocycles. The highest BCUT2D eigenvalue weighted by atomic mass is 35.5. The van der Waals surface area contributed by atoms with Gasteiger partial charge in [0.15, 0.2) is 5.78 Å². The normalized spacial score (nSPS) is 17.8. The third kappa shape index (κ3) is 2.00. The summed E-state index contributed by atoms with van der Waals surface area (Å²) >= 11 is 5.56. The maximum atomic E-state index is 11.7. The molecule has 0 aromatic heterocycles. The largest absolute Gasteiger partial charge is 0.452 e. The summed E-state index contributed by atoms with van der Waals surface area (Å²) in [4.78, 5) is 24.8. The molecule has 1 aromatic carbocycles. The number of hydrogen-bond acceptors (Lipinski definition) is 3. The van der Waals surface area contributed by atoms with Crippen molar-refractivity contribution < 1.29 is 14.3 Å². The Morgan fingerprint density at radius 1 is 1.47 bits per heavy atom. The van der Waals surface area contributed by atoms with Gasteiger partial charge in [-0.1, -0.05) is 18.2 Å². The number of ether oxygens (including phenoxy) is 1. The second-order valence-corrected chi connectivity index (χ2v) is 4.06. The number of carbonyl (C=O) groups excluding carboxylic acids is 2. The van der Waals surface area contributed by atoms with Gasteiger partial charge in [-0.3, -0.25) is 9.69 Å².